The summed E-state index contributed by atoms with van der Waals surface area (Å²) in [6, 6.07) is 0.370. The Kier molecular flexibility index (Phi) is 4.96. The molecule has 104 valence electrons. The maximum atomic E-state index is 12.4. The topological polar surface area (TPSA) is 40.5 Å². The zero-order valence-corrected chi connectivity index (χ0v) is 12.0. The van der Waals surface area contributed by atoms with Gasteiger partial charge in [-0.25, -0.2) is 0 Å². The van der Waals surface area contributed by atoms with E-state index < -0.39 is 0 Å². The van der Waals surface area contributed by atoms with Crippen molar-refractivity contribution in [1.82, 2.24) is 4.90 Å². The quantitative estimate of drug-likeness (QED) is 0.727. The Labute approximate surface area is 115 Å². The molecule has 0 spiro atoms. The molecule has 0 heterocycles. The van der Waals surface area contributed by atoms with Crippen LogP contribution in [0.2, 0.25) is 0 Å². The summed E-state index contributed by atoms with van der Waals surface area (Å²) in [4.78, 5) is 14.4. The number of nitrogens with zero attached hydrogens (tertiary/aromatic N) is 1. The molecular weight excluding hydrogens is 246 g/mol. The average Bonchev–Trinajstić information content (AvgIpc) is 3.17. The summed E-state index contributed by atoms with van der Waals surface area (Å²) in [6.45, 7) is 0.586. The van der Waals surface area contributed by atoms with Crippen molar-refractivity contribution in [2.45, 2.75) is 57.4 Å². The van der Waals surface area contributed by atoms with Gasteiger partial charge in [-0.3, -0.25) is 4.79 Å². The van der Waals surface area contributed by atoms with Gasteiger partial charge in [0.25, 0.3) is 0 Å². The van der Waals surface area contributed by atoms with Crippen molar-refractivity contribution in [2.75, 3.05) is 18.9 Å². The van der Waals surface area contributed by atoms with Gasteiger partial charge in [-0.2, -0.15) is 12.6 Å². The number of aliphatic hydroxyl groups is 1. The van der Waals surface area contributed by atoms with Crippen LogP contribution in [0.1, 0.15) is 51.4 Å². The molecule has 18 heavy (non-hydrogen) atoms. The molecule has 0 radical (unpaired) electrons. The number of aliphatic hydroxyl groups excluding tert-OH is 1. The fourth-order valence-corrected chi connectivity index (χ4v) is 3.43. The van der Waals surface area contributed by atoms with Gasteiger partial charge in [-0.1, -0.05) is 19.3 Å². The molecule has 1 N–H and O–H groups in total. The van der Waals surface area contributed by atoms with Gasteiger partial charge in [0.05, 0.1) is 6.61 Å². The van der Waals surface area contributed by atoms with Crippen LogP contribution in [0.5, 0.6) is 0 Å². The second-order valence-electron chi connectivity index (χ2n) is 5.94. The van der Waals surface area contributed by atoms with Crippen LogP contribution < -0.4 is 0 Å². The van der Waals surface area contributed by atoms with Crippen molar-refractivity contribution in [2.24, 2.45) is 5.41 Å². The number of amides is 1. The number of carbonyl (C=O) groups is 1. The second-order valence-corrected chi connectivity index (χ2v) is 6.25. The largest absolute Gasteiger partial charge is 0.395 e. The van der Waals surface area contributed by atoms with E-state index in [1.807, 2.05) is 4.90 Å². The third-order valence-electron chi connectivity index (χ3n) is 4.50. The highest BCUT2D eigenvalue weighted by Crippen LogP contribution is 2.50. The first-order valence-electron chi connectivity index (χ1n) is 7.22. The van der Waals surface area contributed by atoms with E-state index in [2.05, 4.69) is 12.6 Å². The highest BCUT2D eigenvalue weighted by atomic mass is 32.1. The highest BCUT2D eigenvalue weighted by Gasteiger charge is 2.44. The van der Waals surface area contributed by atoms with E-state index >= 15 is 0 Å². The molecule has 2 fully saturated rings. The molecule has 0 unspecified atom stereocenters. The Morgan fingerprint density at radius 2 is 1.94 bits per heavy atom. The van der Waals surface area contributed by atoms with Crippen LogP contribution in [0.4, 0.5) is 0 Å². The number of hydrogen-bond donors (Lipinski definition) is 2. The van der Waals surface area contributed by atoms with E-state index in [-0.39, 0.29) is 17.9 Å². The first kappa shape index (κ1) is 14.2. The lowest BCUT2D eigenvalue weighted by molar-refractivity contribution is -0.136. The van der Waals surface area contributed by atoms with Crippen molar-refractivity contribution in [3.8, 4) is 0 Å². The van der Waals surface area contributed by atoms with Gasteiger partial charge in [-0.15, -0.1) is 0 Å². The fourth-order valence-electron chi connectivity index (χ4n) is 3.00. The van der Waals surface area contributed by atoms with E-state index in [0.29, 0.717) is 19.0 Å². The standard InChI is InChI=1S/C14H25NO2S/c16-9-8-15(12-4-2-1-3-5-12)13(17)10-14(11-18)6-7-14/h12,16,18H,1-11H2. The zero-order chi connectivity index (χ0) is 13.0. The molecule has 1 amide bonds. The number of hydrogen-bond acceptors (Lipinski definition) is 3. The first-order valence-corrected chi connectivity index (χ1v) is 7.85. The van der Waals surface area contributed by atoms with Gasteiger partial charge in [0.15, 0.2) is 0 Å². The van der Waals surface area contributed by atoms with Crippen molar-refractivity contribution in [3.05, 3.63) is 0 Å². The summed E-state index contributed by atoms with van der Waals surface area (Å²) < 4.78 is 0. The minimum atomic E-state index is 0.0795. The molecule has 0 atom stereocenters. The summed E-state index contributed by atoms with van der Waals surface area (Å²) in [5.74, 6) is 1.05. The molecule has 2 saturated carbocycles. The summed E-state index contributed by atoms with van der Waals surface area (Å²) in [7, 11) is 0. The Bertz CT molecular complexity index is 286. The van der Waals surface area contributed by atoms with Gasteiger partial charge in [-0.05, 0) is 36.9 Å². The summed E-state index contributed by atoms with van der Waals surface area (Å²) >= 11 is 4.37. The van der Waals surface area contributed by atoms with Crippen LogP contribution in [-0.4, -0.2) is 40.9 Å². The predicted octanol–water partition coefficient (Wildman–Crippen LogP) is 2.24. The molecule has 2 aliphatic rings. The average molecular weight is 271 g/mol. The lowest BCUT2D eigenvalue weighted by atomic mass is 9.93. The molecule has 0 aromatic carbocycles. The third kappa shape index (κ3) is 3.41. The van der Waals surface area contributed by atoms with E-state index in [9.17, 15) is 9.90 Å². The lowest BCUT2D eigenvalue weighted by Crippen LogP contribution is -2.44. The SMILES string of the molecule is O=C(CC1(CS)CC1)N(CCO)C1CCCCC1. The van der Waals surface area contributed by atoms with E-state index in [4.69, 9.17) is 0 Å². The predicted molar refractivity (Wildman–Crippen MR) is 75.8 cm³/mol. The molecule has 0 aliphatic heterocycles. The molecule has 0 bridgehead atoms. The van der Waals surface area contributed by atoms with Crippen molar-refractivity contribution < 1.29 is 9.90 Å². The molecule has 4 heteroatoms. The number of thiol groups is 1. The van der Waals surface area contributed by atoms with E-state index in [1.165, 1.54) is 19.3 Å². The van der Waals surface area contributed by atoms with Gasteiger partial charge < -0.3 is 10.0 Å². The van der Waals surface area contributed by atoms with Crippen LogP contribution in [0.15, 0.2) is 0 Å². The monoisotopic (exact) mass is 271 g/mol. The van der Waals surface area contributed by atoms with E-state index in [0.717, 1.165) is 31.4 Å². The maximum Gasteiger partial charge on any atom is 0.223 e. The molecular formula is C14H25NO2S. The molecule has 0 aromatic heterocycles. The molecule has 3 nitrogen and oxygen atoms in total. The molecule has 0 aromatic rings. The summed E-state index contributed by atoms with van der Waals surface area (Å²) in [5.41, 5.74) is 0.183. The van der Waals surface area contributed by atoms with Gasteiger partial charge in [0.2, 0.25) is 5.91 Å². The lowest BCUT2D eigenvalue weighted by Gasteiger charge is -2.35. The van der Waals surface area contributed by atoms with Crippen molar-refractivity contribution in [1.29, 1.82) is 0 Å². The van der Waals surface area contributed by atoms with E-state index in [1.54, 1.807) is 0 Å². The van der Waals surface area contributed by atoms with Crippen molar-refractivity contribution >= 4 is 18.5 Å². The third-order valence-corrected chi connectivity index (χ3v) is 5.17. The minimum absolute atomic E-state index is 0.0795. The maximum absolute atomic E-state index is 12.4. The van der Waals surface area contributed by atoms with Crippen LogP contribution in [-0.2, 0) is 4.79 Å². The minimum Gasteiger partial charge on any atom is -0.395 e. The summed E-state index contributed by atoms with van der Waals surface area (Å²) in [5, 5.41) is 9.18. The fraction of sp³-hybridized carbons (Fsp3) is 0.929. The smallest absolute Gasteiger partial charge is 0.223 e. The van der Waals surface area contributed by atoms with Crippen LogP contribution in [0.25, 0.3) is 0 Å². The van der Waals surface area contributed by atoms with Crippen LogP contribution in [0, 0.1) is 5.41 Å². The highest BCUT2D eigenvalue weighted by molar-refractivity contribution is 7.80. The molecule has 0 saturated heterocycles. The number of carbonyl (C=O) groups excluding carboxylic acids is 1. The van der Waals surface area contributed by atoms with Gasteiger partial charge in [0, 0.05) is 19.0 Å². The normalized spacial score (nSPS) is 22.8. The Hall–Kier alpha value is -0.220. The van der Waals surface area contributed by atoms with Crippen LogP contribution >= 0.6 is 12.6 Å². The van der Waals surface area contributed by atoms with Gasteiger partial charge in [0.1, 0.15) is 0 Å². The zero-order valence-electron chi connectivity index (χ0n) is 11.1. The number of rotatable bonds is 6. The Morgan fingerprint density at radius 1 is 1.28 bits per heavy atom. The molecule has 2 aliphatic carbocycles. The Balaban J connectivity index is 1.93. The van der Waals surface area contributed by atoms with Gasteiger partial charge >= 0.3 is 0 Å². The second kappa shape index (κ2) is 6.29. The van der Waals surface area contributed by atoms with Crippen molar-refractivity contribution in [3.63, 3.8) is 0 Å². The molecule has 2 rings (SSSR count). The first-order chi connectivity index (χ1) is 8.71. The summed E-state index contributed by atoms with van der Waals surface area (Å²) in [6.07, 6.45) is 8.86. The Morgan fingerprint density at radius 3 is 2.44 bits per heavy atom. The van der Waals surface area contributed by atoms with Crippen LogP contribution in [0.3, 0.4) is 0 Å².